The molecule has 1 atom stereocenters. The third-order valence-corrected chi connectivity index (χ3v) is 9.49. The van der Waals surface area contributed by atoms with Crippen molar-refractivity contribution in [1.82, 2.24) is 0 Å². The minimum Gasteiger partial charge on any atom is -0.507 e. The molecule has 0 aliphatic heterocycles. The van der Waals surface area contributed by atoms with Crippen LogP contribution >= 0.6 is 0 Å². The number of rotatable bonds is 10. The lowest BCUT2D eigenvalue weighted by atomic mass is 9.60. The largest absolute Gasteiger partial charge is 0.507 e. The lowest BCUT2D eigenvalue weighted by Crippen LogP contribution is -2.37. The van der Waals surface area contributed by atoms with E-state index in [9.17, 15) is 10.2 Å². The van der Waals surface area contributed by atoms with Gasteiger partial charge in [-0.25, -0.2) is 0 Å². The Bertz CT molecular complexity index is 1300. The molecule has 0 spiro atoms. The number of hydrogen-bond acceptors (Lipinski definition) is 4. The van der Waals surface area contributed by atoms with Crippen LogP contribution in [0.3, 0.4) is 0 Å². The summed E-state index contributed by atoms with van der Waals surface area (Å²) in [6.45, 7) is 14.6. The molecule has 4 nitrogen and oxygen atoms in total. The van der Waals surface area contributed by atoms with Crippen molar-refractivity contribution in [3.8, 4) is 11.5 Å². The molecule has 0 amide bonds. The molecule has 1 unspecified atom stereocenters. The van der Waals surface area contributed by atoms with Crippen LogP contribution in [0.25, 0.3) is 0 Å². The third-order valence-electron chi connectivity index (χ3n) is 9.49. The van der Waals surface area contributed by atoms with E-state index in [1.54, 1.807) is 0 Å². The second kappa shape index (κ2) is 12.2. The molecule has 0 bridgehead atoms. The molecule has 41 heavy (non-hydrogen) atoms. The Hall–Kier alpha value is -2.82. The van der Waals surface area contributed by atoms with Crippen LogP contribution in [-0.4, -0.2) is 23.4 Å². The summed E-state index contributed by atoms with van der Waals surface area (Å²) >= 11 is 0. The molecule has 3 aliphatic rings. The van der Waals surface area contributed by atoms with E-state index in [0.29, 0.717) is 37.9 Å². The number of hydrogen-bond donors (Lipinski definition) is 2. The van der Waals surface area contributed by atoms with Gasteiger partial charge in [0.1, 0.15) is 11.5 Å². The van der Waals surface area contributed by atoms with E-state index in [4.69, 9.17) is 9.47 Å². The molecule has 0 saturated carbocycles. The smallest absolute Gasteiger partial charge is 0.124 e. The fourth-order valence-electron chi connectivity index (χ4n) is 7.55. The zero-order chi connectivity index (χ0) is 29.3. The topological polar surface area (TPSA) is 58.9 Å². The first-order chi connectivity index (χ1) is 19.7. The van der Waals surface area contributed by atoms with Gasteiger partial charge in [0.05, 0.1) is 13.2 Å². The van der Waals surface area contributed by atoms with E-state index < -0.39 is 5.41 Å². The molecular formula is C37H48O4. The molecule has 5 rings (SSSR count). The Morgan fingerprint density at radius 1 is 0.805 bits per heavy atom. The summed E-state index contributed by atoms with van der Waals surface area (Å²) in [6.07, 6.45) is 12.4. The maximum absolute atomic E-state index is 11.4. The quantitative estimate of drug-likeness (QED) is 0.306. The van der Waals surface area contributed by atoms with Crippen molar-refractivity contribution in [3.05, 3.63) is 92.6 Å². The molecule has 4 heteroatoms. The van der Waals surface area contributed by atoms with Crippen LogP contribution < -0.4 is 0 Å². The average Bonchev–Trinajstić information content (AvgIpc) is 3.27. The molecule has 2 aromatic carbocycles. The zero-order valence-electron chi connectivity index (χ0n) is 25.8. The highest BCUT2D eigenvalue weighted by atomic mass is 16.5. The summed E-state index contributed by atoms with van der Waals surface area (Å²) in [4.78, 5) is 0. The van der Waals surface area contributed by atoms with Gasteiger partial charge in [0.25, 0.3) is 0 Å². The van der Waals surface area contributed by atoms with Gasteiger partial charge >= 0.3 is 0 Å². The predicted octanol–water partition coefficient (Wildman–Crippen LogP) is 9.09. The summed E-state index contributed by atoms with van der Waals surface area (Å²) in [7, 11) is 0. The molecule has 2 aromatic rings. The zero-order valence-corrected chi connectivity index (χ0v) is 25.8. The van der Waals surface area contributed by atoms with Crippen molar-refractivity contribution in [2.24, 2.45) is 5.92 Å². The van der Waals surface area contributed by atoms with Gasteiger partial charge in [-0.15, -0.1) is 0 Å². The minimum absolute atomic E-state index is 0.161. The minimum atomic E-state index is -0.400. The van der Waals surface area contributed by atoms with E-state index in [1.165, 1.54) is 40.7 Å². The van der Waals surface area contributed by atoms with Gasteiger partial charge in [0, 0.05) is 35.7 Å². The van der Waals surface area contributed by atoms with Crippen LogP contribution in [-0.2, 0) is 28.1 Å². The monoisotopic (exact) mass is 556 g/mol. The summed E-state index contributed by atoms with van der Waals surface area (Å²) < 4.78 is 11.8. The van der Waals surface area contributed by atoms with E-state index in [2.05, 4.69) is 70.2 Å². The average molecular weight is 557 g/mol. The van der Waals surface area contributed by atoms with E-state index in [-0.39, 0.29) is 17.8 Å². The highest BCUT2D eigenvalue weighted by Crippen LogP contribution is 2.62. The highest BCUT2D eigenvalue weighted by molar-refractivity contribution is 5.67. The maximum atomic E-state index is 11.4. The number of phenolic OH excluding ortho intramolecular Hbond substituents is 2. The fourth-order valence-corrected chi connectivity index (χ4v) is 7.55. The van der Waals surface area contributed by atoms with Crippen molar-refractivity contribution in [2.75, 3.05) is 13.2 Å². The summed E-state index contributed by atoms with van der Waals surface area (Å²) in [6, 6.07) is 9.00. The summed E-state index contributed by atoms with van der Waals surface area (Å²) in [5, 5.41) is 22.8. The first-order valence-corrected chi connectivity index (χ1v) is 15.7. The van der Waals surface area contributed by atoms with E-state index in [0.717, 1.165) is 41.5 Å². The van der Waals surface area contributed by atoms with Crippen molar-refractivity contribution in [3.63, 3.8) is 0 Å². The van der Waals surface area contributed by atoms with Crippen LogP contribution in [0.15, 0.2) is 59.2 Å². The summed E-state index contributed by atoms with van der Waals surface area (Å²) in [5.41, 5.74) is 10.2. The molecule has 2 N–H and O–H groups in total. The van der Waals surface area contributed by atoms with Gasteiger partial charge in [0.2, 0.25) is 0 Å². The number of allylic oxidation sites excluding steroid dienone is 6. The van der Waals surface area contributed by atoms with Crippen molar-refractivity contribution < 1.29 is 19.7 Å². The van der Waals surface area contributed by atoms with Gasteiger partial charge in [-0.2, -0.15) is 0 Å². The number of ether oxygens (including phenoxy) is 2. The molecule has 0 radical (unpaired) electrons. The first-order valence-electron chi connectivity index (χ1n) is 15.7. The first kappa shape index (κ1) is 29.7. The fraction of sp³-hybridized carbons (Fsp3) is 0.514. The number of phenols is 2. The standard InChI is InChI=1S/C37H48O4/c1-7-40-21-25-17-27(19-31(23(3)4)35(25)38)37(28-18-26(22-41-8-2)36(39)32(20-28)24(5)6)33-15-11-9-13-29(33)30-14-10-12-16-34(30)37/h9,11,13,17-20,23-24,33,38-39H,7-8,10,12,14-16,21-22H2,1-6H3. The Morgan fingerprint density at radius 2 is 1.34 bits per heavy atom. The van der Waals surface area contributed by atoms with Crippen molar-refractivity contribution in [2.45, 2.75) is 104 Å². The van der Waals surface area contributed by atoms with Crippen LogP contribution in [0.2, 0.25) is 0 Å². The van der Waals surface area contributed by atoms with Gasteiger partial charge < -0.3 is 19.7 Å². The molecule has 0 aromatic heterocycles. The molecule has 0 fully saturated rings. The molecule has 220 valence electrons. The lowest BCUT2D eigenvalue weighted by molar-refractivity contribution is 0.132. The van der Waals surface area contributed by atoms with Crippen LogP contribution in [0.5, 0.6) is 11.5 Å². The van der Waals surface area contributed by atoms with Crippen molar-refractivity contribution >= 4 is 0 Å². The van der Waals surface area contributed by atoms with Crippen LogP contribution in [0.4, 0.5) is 0 Å². The number of aromatic hydroxyl groups is 2. The van der Waals surface area contributed by atoms with Gasteiger partial charge in [0.15, 0.2) is 0 Å². The van der Waals surface area contributed by atoms with Crippen LogP contribution in [0, 0.1) is 5.92 Å². The Morgan fingerprint density at radius 3 is 1.85 bits per heavy atom. The van der Waals surface area contributed by atoms with Gasteiger partial charge in [-0.3, -0.25) is 0 Å². The van der Waals surface area contributed by atoms with Crippen molar-refractivity contribution in [1.29, 1.82) is 0 Å². The molecular weight excluding hydrogens is 508 g/mol. The molecule has 3 aliphatic carbocycles. The SMILES string of the molecule is CCOCc1cc(C2(c3cc(COCC)c(O)c(C(C)C)c3)C3=C(CCCC3)C3=CC=CCC32)cc(C(C)C)c1O. The second-order valence-electron chi connectivity index (χ2n) is 12.5. The maximum Gasteiger partial charge on any atom is 0.124 e. The van der Waals surface area contributed by atoms with Gasteiger partial charge in [-0.1, -0.05) is 63.6 Å². The Labute approximate surface area is 246 Å². The lowest BCUT2D eigenvalue weighted by Gasteiger charge is -2.42. The normalized spacial score (nSPS) is 19.6. The highest BCUT2D eigenvalue weighted by Gasteiger charge is 2.53. The predicted molar refractivity (Wildman–Crippen MR) is 167 cm³/mol. The van der Waals surface area contributed by atoms with E-state index >= 15 is 0 Å². The third kappa shape index (κ3) is 5.08. The molecule has 0 saturated heterocycles. The van der Waals surface area contributed by atoms with E-state index in [1.807, 2.05) is 13.8 Å². The number of benzene rings is 2. The number of fused-ring (bicyclic) bond motifs is 2. The Kier molecular flexibility index (Phi) is 8.82. The van der Waals surface area contributed by atoms with Crippen LogP contribution in [0.1, 0.15) is 119 Å². The Balaban J connectivity index is 1.89. The molecule has 0 heterocycles. The summed E-state index contributed by atoms with van der Waals surface area (Å²) in [5.74, 6) is 1.29. The second-order valence-corrected chi connectivity index (χ2v) is 12.5. The van der Waals surface area contributed by atoms with Gasteiger partial charge in [-0.05, 0) is 103 Å².